The molecule has 0 aliphatic carbocycles. The van der Waals surface area contributed by atoms with Crippen molar-refractivity contribution in [2.75, 3.05) is 7.11 Å². The van der Waals surface area contributed by atoms with Crippen LogP contribution >= 0.6 is 11.6 Å². The molecule has 5 nitrogen and oxygen atoms in total. The third-order valence-electron chi connectivity index (χ3n) is 2.25. The fourth-order valence-corrected chi connectivity index (χ4v) is 1.81. The van der Waals surface area contributed by atoms with E-state index in [1.54, 1.807) is 22.6 Å². The van der Waals surface area contributed by atoms with Gasteiger partial charge in [0.25, 0.3) is 0 Å². The normalized spacial score (nSPS) is 10.7. The molecular weight excluding hydrogens is 230 g/mol. The summed E-state index contributed by atoms with van der Waals surface area (Å²) in [7, 11) is 1.31. The Morgan fingerprint density at radius 2 is 2.38 bits per heavy atom. The molecule has 2 aromatic rings. The molecule has 0 aromatic carbocycles. The largest absolute Gasteiger partial charge is 0.464 e. The second-order valence-corrected chi connectivity index (χ2v) is 3.53. The Balaban J connectivity index is 2.78. The Hall–Kier alpha value is -1.59. The van der Waals surface area contributed by atoms with Crippen molar-refractivity contribution in [2.45, 2.75) is 6.54 Å². The van der Waals surface area contributed by atoms with Crippen molar-refractivity contribution in [3.05, 3.63) is 34.9 Å². The molecule has 0 amide bonds. The zero-order valence-corrected chi connectivity index (χ0v) is 9.36. The smallest absolute Gasteiger partial charge is 0.358 e. The van der Waals surface area contributed by atoms with Crippen LogP contribution in [0.5, 0.6) is 0 Å². The lowest BCUT2D eigenvalue weighted by atomic mass is 10.3. The molecule has 0 atom stereocenters. The van der Waals surface area contributed by atoms with Crippen molar-refractivity contribution in [3.63, 3.8) is 0 Å². The van der Waals surface area contributed by atoms with Crippen LogP contribution in [0, 0.1) is 0 Å². The molecule has 0 aliphatic heterocycles. The second kappa shape index (κ2) is 4.11. The van der Waals surface area contributed by atoms with E-state index in [1.807, 2.05) is 0 Å². The molecule has 6 heteroatoms. The van der Waals surface area contributed by atoms with Crippen molar-refractivity contribution < 1.29 is 9.53 Å². The topological polar surface area (TPSA) is 69.6 Å². The van der Waals surface area contributed by atoms with E-state index in [4.69, 9.17) is 17.3 Å². The quantitative estimate of drug-likeness (QED) is 0.632. The summed E-state index contributed by atoms with van der Waals surface area (Å²) in [6.45, 7) is 0.196. The number of carbonyl (C=O) groups excluding carboxylic acids is 1. The molecule has 0 spiro atoms. The third kappa shape index (κ3) is 1.54. The van der Waals surface area contributed by atoms with Gasteiger partial charge in [0.1, 0.15) is 11.0 Å². The van der Waals surface area contributed by atoms with Gasteiger partial charge in [-0.15, -0.1) is 0 Å². The lowest BCUT2D eigenvalue weighted by Gasteiger charge is -2.00. The Labute approximate surface area is 96.8 Å². The molecule has 0 saturated heterocycles. The monoisotopic (exact) mass is 239 g/mol. The highest BCUT2D eigenvalue weighted by Gasteiger charge is 2.18. The van der Waals surface area contributed by atoms with E-state index in [-0.39, 0.29) is 12.2 Å². The van der Waals surface area contributed by atoms with Gasteiger partial charge in [-0.2, -0.15) is 0 Å². The minimum absolute atomic E-state index is 0.196. The maximum Gasteiger partial charge on any atom is 0.358 e. The summed E-state index contributed by atoms with van der Waals surface area (Å²) >= 11 is 6.02. The minimum atomic E-state index is -0.500. The summed E-state index contributed by atoms with van der Waals surface area (Å²) in [5.41, 5.74) is 6.37. The number of carbonyl (C=O) groups is 1. The molecule has 2 rings (SSSR count). The van der Waals surface area contributed by atoms with Crippen molar-refractivity contribution in [3.8, 4) is 0 Å². The summed E-state index contributed by atoms with van der Waals surface area (Å²) in [5, 5.41) is 0.459. The van der Waals surface area contributed by atoms with E-state index in [0.717, 1.165) is 0 Å². The van der Waals surface area contributed by atoms with E-state index in [0.29, 0.717) is 16.5 Å². The summed E-state index contributed by atoms with van der Waals surface area (Å²) in [5.74, 6) is 0.0282. The fourth-order valence-electron chi connectivity index (χ4n) is 1.55. The van der Waals surface area contributed by atoms with Crippen LogP contribution in [0.3, 0.4) is 0 Å². The standard InChI is InChI=1S/C10H10ClN3O2/c1-16-10(15)9-6-3-2-4-7(11)14(6)8(5-12)13-9/h2-4H,5,12H2,1H3. The van der Waals surface area contributed by atoms with Gasteiger partial charge in [0, 0.05) is 0 Å². The number of ether oxygens (including phenoxy) is 1. The maximum atomic E-state index is 11.5. The first kappa shape index (κ1) is 10.9. The van der Waals surface area contributed by atoms with E-state index in [2.05, 4.69) is 9.72 Å². The molecule has 84 valence electrons. The fraction of sp³-hybridized carbons (Fsp3) is 0.200. The number of halogens is 1. The van der Waals surface area contributed by atoms with E-state index in [1.165, 1.54) is 7.11 Å². The van der Waals surface area contributed by atoms with Gasteiger partial charge in [-0.05, 0) is 12.1 Å². The number of nitrogens with zero attached hydrogens (tertiary/aromatic N) is 2. The number of nitrogens with two attached hydrogens (primary N) is 1. The number of hydrogen-bond donors (Lipinski definition) is 1. The summed E-state index contributed by atoms with van der Waals surface area (Å²) in [6, 6.07) is 5.19. The summed E-state index contributed by atoms with van der Waals surface area (Å²) in [6.07, 6.45) is 0. The summed E-state index contributed by atoms with van der Waals surface area (Å²) < 4.78 is 6.28. The number of hydrogen-bond acceptors (Lipinski definition) is 4. The number of imidazole rings is 1. The average molecular weight is 240 g/mol. The molecule has 2 aromatic heterocycles. The molecule has 0 saturated carbocycles. The van der Waals surface area contributed by atoms with Gasteiger partial charge in [-0.25, -0.2) is 9.78 Å². The predicted molar refractivity (Wildman–Crippen MR) is 59.4 cm³/mol. The molecule has 0 unspecified atom stereocenters. The van der Waals surface area contributed by atoms with Gasteiger partial charge >= 0.3 is 5.97 Å². The molecular formula is C10H10ClN3O2. The third-order valence-corrected chi connectivity index (χ3v) is 2.54. The van der Waals surface area contributed by atoms with Crippen LogP contribution in [-0.4, -0.2) is 22.5 Å². The highest BCUT2D eigenvalue weighted by molar-refractivity contribution is 6.29. The van der Waals surface area contributed by atoms with Gasteiger partial charge in [0.05, 0.1) is 19.2 Å². The lowest BCUT2D eigenvalue weighted by molar-refractivity contribution is 0.0597. The van der Waals surface area contributed by atoms with Crippen molar-refractivity contribution in [1.82, 2.24) is 9.38 Å². The first-order chi connectivity index (χ1) is 7.69. The van der Waals surface area contributed by atoms with Crippen molar-refractivity contribution in [1.29, 1.82) is 0 Å². The van der Waals surface area contributed by atoms with Crippen LogP contribution in [0.15, 0.2) is 18.2 Å². The van der Waals surface area contributed by atoms with E-state index >= 15 is 0 Å². The SMILES string of the molecule is COC(=O)c1nc(CN)n2c(Cl)cccc12. The average Bonchev–Trinajstić information content (AvgIpc) is 2.68. The van der Waals surface area contributed by atoms with Gasteiger partial charge in [0.2, 0.25) is 0 Å². The Morgan fingerprint density at radius 1 is 1.62 bits per heavy atom. The number of methoxy groups -OCH3 is 1. The van der Waals surface area contributed by atoms with Crippen LogP contribution in [0.2, 0.25) is 5.15 Å². The molecule has 0 fully saturated rings. The van der Waals surface area contributed by atoms with Gasteiger partial charge in [-0.3, -0.25) is 4.40 Å². The highest BCUT2D eigenvalue weighted by Crippen LogP contribution is 2.19. The van der Waals surface area contributed by atoms with Crippen molar-refractivity contribution in [2.24, 2.45) is 5.73 Å². The molecule has 0 radical (unpaired) electrons. The first-order valence-electron chi connectivity index (χ1n) is 4.63. The number of aromatic nitrogens is 2. The first-order valence-corrected chi connectivity index (χ1v) is 5.01. The number of pyridine rings is 1. The lowest BCUT2D eigenvalue weighted by Crippen LogP contribution is -2.04. The molecule has 0 aliphatic rings. The zero-order valence-electron chi connectivity index (χ0n) is 8.61. The van der Waals surface area contributed by atoms with Crippen molar-refractivity contribution >= 4 is 23.1 Å². The Kier molecular flexibility index (Phi) is 2.80. The Bertz CT molecular complexity index is 550. The minimum Gasteiger partial charge on any atom is -0.464 e. The maximum absolute atomic E-state index is 11.5. The van der Waals surface area contributed by atoms with Crippen LogP contribution in [0.25, 0.3) is 5.52 Å². The molecule has 2 heterocycles. The zero-order chi connectivity index (χ0) is 11.7. The molecule has 2 N–H and O–H groups in total. The van der Waals surface area contributed by atoms with Gasteiger partial charge < -0.3 is 10.5 Å². The van der Waals surface area contributed by atoms with Crippen LogP contribution < -0.4 is 5.73 Å². The number of fused-ring (bicyclic) bond motifs is 1. The highest BCUT2D eigenvalue weighted by atomic mass is 35.5. The van der Waals surface area contributed by atoms with Crippen LogP contribution in [0.1, 0.15) is 16.3 Å². The van der Waals surface area contributed by atoms with E-state index in [9.17, 15) is 4.79 Å². The number of rotatable bonds is 2. The van der Waals surface area contributed by atoms with Gasteiger partial charge in [0.15, 0.2) is 5.69 Å². The predicted octanol–water partition coefficient (Wildman–Crippen LogP) is 1.23. The summed E-state index contributed by atoms with van der Waals surface area (Å²) in [4.78, 5) is 15.6. The second-order valence-electron chi connectivity index (χ2n) is 3.14. The molecule has 16 heavy (non-hydrogen) atoms. The molecule has 0 bridgehead atoms. The van der Waals surface area contributed by atoms with Crippen LogP contribution in [-0.2, 0) is 11.3 Å². The van der Waals surface area contributed by atoms with Crippen LogP contribution in [0.4, 0.5) is 0 Å². The van der Waals surface area contributed by atoms with Gasteiger partial charge in [-0.1, -0.05) is 17.7 Å². The Morgan fingerprint density at radius 3 is 3.00 bits per heavy atom. The van der Waals surface area contributed by atoms with E-state index < -0.39 is 5.97 Å². The number of esters is 1.